The van der Waals surface area contributed by atoms with Gasteiger partial charge in [-0.25, -0.2) is 0 Å². The summed E-state index contributed by atoms with van der Waals surface area (Å²) in [4.78, 5) is 22.1. The van der Waals surface area contributed by atoms with Crippen LogP contribution in [0.2, 0.25) is 0 Å². The molecule has 0 radical (unpaired) electrons. The van der Waals surface area contributed by atoms with Crippen LogP contribution in [0, 0.1) is 0 Å². The fourth-order valence-corrected chi connectivity index (χ4v) is 1.63. The molecule has 0 aliphatic carbocycles. The van der Waals surface area contributed by atoms with Crippen LogP contribution in [0.5, 0.6) is 0 Å². The number of hydrogen-bond acceptors (Lipinski definition) is 4. The van der Waals surface area contributed by atoms with Crippen molar-refractivity contribution < 1.29 is 9.59 Å². The smallest absolute Gasteiger partial charge is 0.255 e. The van der Waals surface area contributed by atoms with Gasteiger partial charge in [0.05, 0.1) is 5.69 Å². The minimum absolute atomic E-state index is 0.232. The van der Waals surface area contributed by atoms with Gasteiger partial charge in [0, 0.05) is 16.9 Å². The molecule has 0 saturated carbocycles. The molecule has 102 valence electrons. The lowest BCUT2D eigenvalue weighted by atomic mass is 10.2. The first kappa shape index (κ1) is 13.4. The van der Waals surface area contributed by atoms with Crippen molar-refractivity contribution in [2.75, 3.05) is 16.5 Å². The zero-order chi connectivity index (χ0) is 14.4. The molecular weight excluding hydrogens is 256 g/mol. The molecule has 2 amide bonds. The summed E-state index contributed by atoms with van der Waals surface area (Å²) in [5.74, 6) is -0.232. The molecule has 0 spiro atoms. The lowest BCUT2D eigenvalue weighted by molar-refractivity contribution is -0.109. The molecule has 0 fully saturated rings. The normalized spacial score (nSPS) is 9.60. The van der Waals surface area contributed by atoms with Gasteiger partial charge in [-0.15, -0.1) is 0 Å². The molecule has 2 aromatic rings. The third-order valence-corrected chi connectivity index (χ3v) is 2.57. The van der Waals surface area contributed by atoms with Crippen LogP contribution < -0.4 is 21.9 Å². The van der Waals surface area contributed by atoms with Crippen LogP contribution in [0.1, 0.15) is 10.4 Å². The molecule has 5 N–H and O–H groups in total. The van der Waals surface area contributed by atoms with Gasteiger partial charge in [-0.2, -0.15) is 0 Å². The number of hydrazine groups is 1. The van der Waals surface area contributed by atoms with Crippen LogP contribution in [0.3, 0.4) is 0 Å². The molecule has 0 heterocycles. The molecule has 6 heteroatoms. The van der Waals surface area contributed by atoms with Gasteiger partial charge in [0.1, 0.15) is 0 Å². The summed E-state index contributed by atoms with van der Waals surface area (Å²) in [6.45, 7) is 0. The second-order valence-corrected chi connectivity index (χ2v) is 4.04. The Kier molecular flexibility index (Phi) is 4.18. The fraction of sp³-hybridized carbons (Fsp3) is 0. The Hall–Kier alpha value is -3.02. The van der Waals surface area contributed by atoms with Crippen molar-refractivity contribution in [2.24, 2.45) is 0 Å². The van der Waals surface area contributed by atoms with E-state index in [0.29, 0.717) is 29.0 Å². The monoisotopic (exact) mass is 270 g/mol. The topological polar surface area (TPSA) is 96.2 Å². The van der Waals surface area contributed by atoms with Crippen LogP contribution in [0.25, 0.3) is 0 Å². The first-order valence-electron chi connectivity index (χ1n) is 5.91. The number of benzene rings is 2. The number of anilines is 3. The molecule has 0 unspecified atom stereocenters. The first-order valence-corrected chi connectivity index (χ1v) is 5.91. The van der Waals surface area contributed by atoms with Gasteiger partial charge in [-0.05, 0) is 42.5 Å². The highest BCUT2D eigenvalue weighted by Gasteiger charge is 2.05. The molecule has 0 aromatic heterocycles. The van der Waals surface area contributed by atoms with E-state index >= 15 is 0 Å². The number of amides is 2. The number of nitrogens with two attached hydrogens (primary N) is 1. The maximum absolute atomic E-state index is 12.0. The molecule has 2 rings (SSSR count). The SMILES string of the molecule is Nc1cccc(C(=O)Nc2ccc(NNC=O)cc2)c1. The highest BCUT2D eigenvalue weighted by molar-refractivity contribution is 6.04. The van der Waals surface area contributed by atoms with Crippen molar-refractivity contribution in [3.63, 3.8) is 0 Å². The molecule has 0 bridgehead atoms. The van der Waals surface area contributed by atoms with E-state index in [4.69, 9.17) is 5.73 Å². The van der Waals surface area contributed by atoms with Gasteiger partial charge in [-0.1, -0.05) is 6.07 Å². The Morgan fingerprint density at radius 3 is 2.40 bits per heavy atom. The van der Waals surface area contributed by atoms with Crippen LogP contribution in [0.4, 0.5) is 17.1 Å². The number of nitrogen functional groups attached to an aromatic ring is 1. The lowest BCUT2D eigenvalue weighted by Crippen LogP contribution is -2.18. The minimum atomic E-state index is -0.232. The maximum atomic E-state index is 12.0. The van der Waals surface area contributed by atoms with Crippen LogP contribution >= 0.6 is 0 Å². The zero-order valence-corrected chi connectivity index (χ0v) is 10.6. The van der Waals surface area contributed by atoms with Gasteiger partial charge >= 0.3 is 0 Å². The van der Waals surface area contributed by atoms with Crippen molar-refractivity contribution in [3.05, 3.63) is 54.1 Å². The van der Waals surface area contributed by atoms with E-state index in [-0.39, 0.29) is 5.91 Å². The van der Waals surface area contributed by atoms with Gasteiger partial charge in [0.15, 0.2) is 0 Å². The van der Waals surface area contributed by atoms with Gasteiger partial charge in [0.25, 0.3) is 5.91 Å². The molecule has 0 aliphatic rings. The predicted molar refractivity (Wildman–Crippen MR) is 78.1 cm³/mol. The summed E-state index contributed by atoms with van der Waals surface area (Å²) in [5, 5.41) is 2.76. The van der Waals surface area contributed by atoms with Crippen LogP contribution in [-0.2, 0) is 4.79 Å². The number of carbonyl (C=O) groups excluding carboxylic acids is 2. The van der Waals surface area contributed by atoms with Crippen molar-refractivity contribution in [2.45, 2.75) is 0 Å². The number of nitrogens with one attached hydrogen (secondary N) is 3. The standard InChI is InChI=1S/C14H14N4O2/c15-11-3-1-2-10(8-11)14(20)17-12-4-6-13(7-5-12)18-16-9-19/h1-9,18H,15H2,(H,16,19)(H,17,20). The highest BCUT2D eigenvalue weighted by atomic mass is 16.1. The van der Waals surface area contributed by atoms with Gasteiger partial charge in [-0.3, -0.25) is 20.4 Å². The van der Waals surface area contributed by atoms with Crippen molar-refractivity contribution in [1.82, 2.24) is 5.43 Å². The Bertz CT molecular complexity index is 611. The zero-order valence-electron chi connectivity index (χ0n) is 10.6. The van der Waals surface area contributed by atoms with Gasteiger partial charge in [0.2, 0.25) is 6.41 Å². The van der Waals surface area contributed by atoms with Gasteiger partial charge < -0.3 is 11.1 Å². The van der Waals surface area contributed by atoms with E-state index in [0.717, 1.165) is 0 Å². The van der Waals surface area contributed by atoms with Crippen molar-refractivity contribution in [3.8, 4) is 0 Å². The summed E-state index contributed by atoms with van der Waals surface area (Å²) in [5.41, 5.74) is 13.0. The van der Waals surface area contributed by atoms with Crippen molar-refractivity contribution in [1.29, 1.82) is 0 Å². The van der Waals surface area contributed by atoms with E-state index in [9.17, 15) is 9.59 Å². The molecule has 0 atom stereocenters. The largest absolute Gasteiger partial charge is 0.399 e. The summed E-state index contributed by atoms with van der Waals surface area (Å²) in [6.07, 6.45) is 0.537. The molecule has 0 aliphatic heterocycles. The van der Waals surface area contributed by atoms with E-state index in [1.165, 1.54) is 0 Å². The van der Waals surface area contributed by atoms with Crippen molar-refractivity contribution >= 4 is 29.4 Å². The second-order valence-electron chi connectivity index (χ2n) is 4.04. The van der Waals surface area contributed by atoms with E-state index in [1.807, 2.05) is 0 Å². The second kappa shape index (κ2) is 6.24. The Morgan fingerprint density at radius 1 is 1.05 bits per heavy atom. The average molecular weight is 270 g/mol. The number of hydrogen-bond donors (Lipinski definition) is 4. The third kappa shape index (κ3) is 3.49. The summed E-state index contributed by atoms with van der Waals surface area (Å²) >= 11 is 0. The molecule has 6 nitrogen and oxygen atoms in total. The first-order chi connectivity index (χ1) is 9.69. The fourth-order valence-electron chi connectivity index (χ4n) is 1.63. The molecule has 20 heavy (non-hydrogen) atoms. The number of rotatable bonds is 5. The minimum Gasteiger partial charge on any atom is -0.399 e. The quantitative estimate of drug-likeness (QED) is 0.377. The Morgan fingerprint density at radius 2 is 1.75 bits per heavy atom. The molecule has 0 saturated heterocycles. The summed E-state index contributed by atoms with van der Waals surface area (Å²) in [6, 6.07) is 13.6. The maximum Gasteiger partial charge on any atom is 0.255 e. The summed E-state index contributed by atoms with van der Waals surface area (Å²) in [7, 11) is 0. The highest BCUT2D eigenvalue weighted by Crippen LogP contribution is 2.14. The lowest BCUT2D eigenvalue weighted by Gasteiger charge is -2.08. The van der Waals surface area contributed by atoms with E-state index in [1.54, 1.807) is 48.5 Å². The molecule has 2 aromatic carbocycles. The Balaban J connectivity index is 2.02. The predicted octanol–water partition coefficient (Wildman–Crippen LogP) is 1.59. The molecular formula is C14H14N4O2. The van der Waals surface area contributed by atoms with E-state index < -0.39 is 0 Å². The Labute approximate surface area is 116 Å². The number of carbonyl (C=O) groups is 2. The summed E-state index contributed by atoms with van der Waals surface area (Å²) < 4.78 is 0. The third-order valence-electron chi connectivity index (χ3n) is 2.57. The van der Waals surface area contributed by atoms with E-state index in [2.05, 4.69) is 16.2 Å². The van der Waals surface area contributed by atoms with Crippen LogP contribution in [-0.4, -0.2) is 12.3 Å². The van der Waals surface area contributed by atoms with Crippen LogP contribution in [0.15, 0.2) is 48.5 Å². The average Bonchev–Trinajstić information content (AvgIpc) is 2.46.